The van der Waals surface area contributed by atoms with Crippen LogP contribution < -0.4 is 15.4 Å². The summed E-state index contributed by atoms with van der Waals surface area (Å²) in [6, 6.07) is 15.7. The highest BCUT2D eigenvalue weighted by atomic mass is 35.5. The number of carbonyl (C=O) groups is 2. The van der Waals surface area contributed by atoms with Crippen molar-refractivity contribution in [3.05, 3.63) is 89.3 Å². The fraction of sp³-hybridized carbons (Fsp3) is 0.0417. The Kier molecular flexibility index (Phi) is 6.19. The Hall–Kier alpha value is -4.10. The lowest BCUT2D eigenvalue weighted by Crippen LogP contribution is -2.18. The van der Waals surface area contributed by atoms with Gasteiger partial charge in [-0.15, -0.1) is 0 Å². The smallest absolute Gasteiger partial charge is 0.269 e. The molecule has 32 heavy (non-hydrogen) atoms. The number of fused-ring (bicyclic) bond motifs is 1. The maximum Gasteiger partial charge on any atom is 0.269 e. The van der Waals surface area contributed by atoms with Gasteiger partial charge < -0.3 is 20.4 Å². The third-order valence-corrected chi connectivity index (χ3v) is 4.87. The Morgan fingerprint density at radius 3 is 2.66 bits per heavy atom. The first kappa shape index (κ1) is 21.1. The summed E-state index contributed by atoms with van der Waals surface area (Å²) in [5.41, 5.74) is 2.69. The molecule has 0 spiro atoms. The Bertz CT molecular complexity index is 1310. The minimum atomic E-state index is -0.294. The summed E-state index contributed by atoms with van der Waals surface area (Å²) >= 11 is 6.00. The highest BCUT2D eigenvalue weighted by molar-refractivity contribution is 6.31. The topological polar surface area (TPSA) is 96.1 Å². The number of benzene rings is 2. The van der Waals surface area contributed by atoms with Crippen LogP contribution in [0.15, 0.2) is 73.1 Å². The summed E-state index contributed by atoms with van der Waals surface area (Å²) in [4.78, 5) is 31.1. The minimum Gasteiger partial charge on any atom is -0.457 e. The normalized spacial score (nSPS) is 10.9. The van der Waals surface area contributed by atoms with Crippen molar-refractivity contribution in [3.63, 3.8) is 0 Å². The van der Waals surface area contributed by atoms with Gasteiger partial charge in [0.25, 0.3) is 5.91 Å². The molecule has 0 saturated heterocycles. The SMILES string of the molecule is CNC(=O)c1cc(Oc2ccc(NC(=O)C=Cc3c[nH]c4cc(Cl)ccc34)cc2)ccn1. The fourth-order valence-corrected chi connectivity index (χ4v) is 3.25. The molecule has 0 saturated carbocycles. The highest BCUT2D eigenvalue weighted by Crippen LogP contribution is 2.24. The number of rotatable bonds is 6. The van der Waals surface area contributed by atoms with E-state index in [1.54, 1.807) is 42.5 Å². The van der Waals surface area contributed by atoms with Crippen LogP contribution >= 0.6 is 11.6 Å². The van der Waals surface area contributed by atoms with Crippen LogP contribution in [-0.4, -0.2) is 28.8 Å². The van der Waals surface area contributed by atoms with Crippen molar-refractivity contribution in [2.75, 3.05) is 12.4 Å². The highest BCUT2D eigenvalue weighted by Gasteiger charge is 2.07. The van der Waals surface area contributed by atoms with Crippen molar-refractivity contribution in [2.45, 2.75) is 0 Å². The maximum absolute atomic E-state index is 12.3. The second-order valence-corrected chi connectivity index (χ2v) is 7.28. The number of nitrogens with zero attached hydrogens (tertiary/aromatic N) is 1. The Balaban J connectivity index is 1.38. The molecule has 2 heterocycles. The van der Waals surface area contributed by atoms with Crippen LogP contribution in [-0.2, 0) is 4.79 Å². The molecule has 0 atom stereocenters. The van der Waals surface area contributed by atoms with E-state index in [1.807, 2.05) is 24.4 Å². The number of H-pyrrole nitrogens is 1. The summed E-state index contributed by atoms with van der Waals surface area (Å²) < 4.78 is 5.76. The number of halogens is 1. The first-order valence-electron chi connectivity index (χ1n) is 9.73. The van der Waals surface area contributed by atoms with Gasteiger partial charge in [0, 0.05) is 53.2 Å². The minimum absolute atomic E-state index is 0.258. The van der Waals surface area contributed by atoms with Crippen LogP contribution in [0.1, 0.15) is 16.1 Å². The van der Waals surface area contributed by atoms with Crippen molar-refractivity contribution < 1.29 is 14.3 Å². The molecule has 2 amide bonds. The average Bonchev–Trinajstić information content (AvgIpc) is 3.20. The predicted octanol–water partition coefficient (Wildman–Crippen LogP) is 5.02. The Morgan fingerprint density at radius 2 is 1.88 bits per heavy atom. The number of nitrogens with one attached hydrogen (secondary N) is 3. The first-order chi connectivity index (χ1) is 15.5. The van der Waals surface area contributed by atoms with E-state index in [-0.39, 0.29) is 17.5 Å². The van der Waals surface area contributed by atoms with E-state index in [0.29, 0.717) is 22.2 Å². The van der Waals surface area contributed by atoms with Crippen LogP contribution in [0, 0.1) is 0 Å². The number of hydrogen-bond donors (Lipinski definition) is 3. The van der Waals surface area contributed by atoms with Gasteiger partial charge in [0.15, 0.2) is 0 Å². The standard InChI is InChI=1S/C24H19ClN4O3/c1-26-24(31)22-13-19(10-11-27-22)32-18-6-4-17(5-7-18)29-23(30)9-2-15-14-28-21-12-16(25)3-8-20(15)21/h2-14,28H,1H3,(H,26,31)(H,29,30). The molecule has 4 rings (SSSR count). The number of aromatic amines is 1. The van der Waals surface area contributed by atoms with Crippen LogP contribution in [0.25, 0.3) is 17.0 Å². The van der Waals surface area contributed by atoms with Gasteiger partial charge >= 0.3 is 0 Å². The van der Waals surface area contributed by atoms with Gasteiger partial charge in [-0.3, -0.25) is 14.6 Å². The number of aromatic nitrogens is 2. The molecule has 2 aromatic carbocycles. The van der Waals surface area contributed by atoms with Gasteiger partial charge in [-0.05, 0) is 54.1 Å². The van der Waals surface area contributed by atoms with E-state index in [2.05, 4.69) is 20.6 Å². The van der Waals surface area contributed by atoms with Gasteiger partial charge in [-0.25, -0.2) is 0 Å². The number of hydrogen-bond acceptors (Lipinski definition) is 4. The molecule has 0 fully saturated rings. The molecule has 0 aliphatic rings. The van der Waals surface area contributed by atoms with Gasteiger partial charge in [-0.2, -0.15) is 0 Å². The van der Waals surface area contributed by atoms with E-state index in [1.165, 1.54) is 19.3 Å². The number of carbonyl (C=O) groups excluding carboxylic acids is 2. The second kappa shape index (κ2) is 9.36. The Morgan fingerprint density at radius 1 is 1.06 bits per heavy atom. The summed E-state index contributed by atoms with van der Waals surface area (Å²) in [5, 5.41) is 6.96. The van der Waals surface area contributed by atoms with Crippen molar-refractivity contribution in [3.8, 4) is 11.5 Å². The van der Waals surface area contributed by atoms with Gasteiger partial charge in [0.05, 0.1) is 0 Å². The quantitative estimate of drug-likeness (QED) is 0.362. The van der Waals surface area contributed by atoms with Crippen molar-refractivity contribution >= 4 is 46.1 Å². The third kappa shape index (κ3) is 4.96. The van der Waals surface area contributed by atoms with Crippen LogP contribution in [0.5, 0.6) is 11.5 Å². The van der Waals surface area contributed by atoms with Crippen LogP contribution in [0.3, 0.4) is 0 Å². The number of amides is 2. The van der Waals surface area contributed by atoms with Gasteiger partial charge in [-0.1, -0.05) is 17.7 Å². The lowest BCUT2D eigenvalue weighted by molar-refractivity contribution is -0.111. The third-order valence-electron chi connectivity index (χ3n) is 4.64. The maximum atomic E-state index is 12.3. The number of pyridine rings is 1. The van der Waals surface area contributed by atoms with Crippen molar-refractivity contribution in [1.82, 2.24) is 15.3 Å². The monoisotopic (exact) mass is 446 g/mol. The van der Waals surface area contributed by atoms with Crippen LogP contribution in [0.2, 0.25) is 5.02 Å². The van der Waals surface area contributed by atoms with Crippen LogP contribution in [0.4, 0.5) is 5.69 Å². The Labute approximate surface area is 189 Å². The lowest BCUT2D eigenvalue weighted by Gasteiger charge is -2.08. The average molecular weight is 447 g/mol. The molecule has 7 nitrogen and oxygen atoms in total. The second-order valence-electron chi connectivity index (χ2n) is 6.84. The summed E-state index contributed by atoms with van der Waals surface area (Å²) in [6.45, 7) is 0. The molecule has 3 N–H and O–H groups in total. The van der Waals surface area contributed by atoms with E-state index in [0.717, 1.165) is 16.5 Å². The zero-order chi connectivity index (χ0) is 22.5. The van der Waals surface area contributed by atoms with Crippen molar-refractivity contribution in [2.24, 2.45) is 0 Å². The predicted molar refractivity (Wildman–Crippen MR) is 125 cm³/mol. The molecule has 160 valence electrons. The first-order valence-corrected chi connectivity index (χ1v) is 10.1. The molecule has 2 aromatic heterocycles. The summed E-state index contributed by atoms with van der Waals surface area (Å²) in [6.07, 6.45) is 6.54. The molecule has 0 radical (unpaired) electrons. The molecule has 4 aromatic rings. The van der Waals surface area contributed by atoms with E-state index in [9.17, 15) is 9.59 Å². The van der Waals surface area contributed by atoms with E-state index >= 15 is 0 Å². The van der Waals surface area contributed by atoms with E-state index < -0.39 is 0 Å². The lowest BCUT2D eigenvalue weighted by atomic mass is 10.1. The molecule has 8 heteroatoms. The molecule has 0 aliphatic carbocycles. The number of ether oxygens (including phenoxy) is 1. The molecular formula is C24H19ClN4O3. The molecular weight excluding hydrogens is 428 g/mol. The summed E-state index contributed by atoms with van der Waals surface area (Å²) in [7, 11) is 1.54. The van der Waals surface area contributed by atoms with E-state index in [4.69, 9.17) is 16.3 Å². The number of anilines is 1. The van der Waals surface area contributed by atoms with Gasteiger partial charge in [0.2, 0.25) is 5.91 Å². The zero-order valence-electron chi connectivity index (χ0n) is 17.1. The van der Waals surface area contributed by atoms with Gasteiger partial charge in [0.1, 0.15) is 17.2 Å². The summed E-state index contributed by atoms with van der Waals surface area (Å²) in [5.74, 6) is 0.493. The largest absolute Gasteiger partial charge is 0.457 e. The molecule has 0 bridgehead atoms. The fourth-order valence-electron chi connectivity index (χ4n) is 3.08. The van der Waals surface area contributed by atoms with Crippen molar-refractivity contribution in [1.29, 1.82) is 0 Å². The molecule has 0 aliphatic heterocycles. The zero-order valence-corrected chi connectivity index (χ0v) is 17.8. The molecule has 0 unspecified atom stereocenters.